The van der Waals surface area contributed by atoms with Crippen molar-refractivity contribution in [3.05, 3.63) is 17.4 Å². The average molecular weight is 404 g/mol. The summed E-state index contributed by atoms with van der Waals surface area (Å²) in [6.07, 6.45) is 2.18. The van der Waals surface area contributed by atoms with Crippen LogP contribution in [0, 0.1) is 11.7 Å². The number of carbonyl (C=O) groups excluding carboxylic acids is 2. The van der Waals surface area contributed by atoms with Crippen molar-refractivity contribution in [3.8, 4) is 0 Å². The number of benzene rings is 1. The molecule has 0 radical (unpaired) electrons. The highest BCUT2D eigenvalue weighted by atomic mass is 19.1. The number of aliphatic carboxylic acids is 1. The molecule has 1 saturated carbocycles. The Labute approximate surface area is 167 Å². The minimum absolute atomic E-state index is 0.147. The molecule has 5 N–H and O–H groups in total. The summed E-state index contributed by atoms with van der Waals surface area (Å²) in [5.41, 5.74) is 11.6. The number of halogens is 1. The summed E-state index contributed by atoms with van der Waals surface area (Å²) in [6.45, 7) is 4.95. The maximum absolute atomic E-state index is 15.2. The number of carboxylic acids is 1. The van der Waals surface area contributed by atoms with E-state index in [1.165, 1.54) is 11.0 Å². The maximum atomic E-state index is 15.2. The lowest BCUT2D eigenvalue weighted by molar-refractivity contribution is -0.141. The molecular formula is C20H25FN4O4. The van der Waals surface area contributed by atoms with E-state index in [0.29, 0.717) is 25.9 Å². The number of nitrogen functional groups attached to an aromatic ring is 1. The predicted molar refractivity (Wildman–Crippen MR) is 106 cm³/mol. The first kappa shape index (κ1) is 19.6. The molecule has 0 spiro atoms. The van der Waals surface area contributed by atoms with Gasteiger partial charge in [-0.25, -0.2) is 9.18 Å². The third-order valence-electron chi connectivity index (χ3n) is 6.27. The fourth-order valence-corrected chi connectivity index (χ4v) is 4.41. The Morgan fingerprint density at radius 2 is 1.90 bits per heavy atom. The number of carboxylic acid groups (broad SMARTS) is 1. The number of nitrogens with two attached hydrogens (primary N) is 2. The summed E-state index contributed by atoms with van der Waals surface area (Å²) >= 11 is 0. The van der Waals surface area contributed by atoms with Crippen LogP contribution in [0.4, 0.5) is 21.5 Å². The Bertz CT molecular complexity index is 922. The molecule has 2 atom stereocenters. The zero-order valence-electron chi connectivity index (χ0n) is 16.4. The molecule has 156 valence electrons. The zero-order chi connectivity index (χ0) is 21.2. The molecule has 4 rings (SSSR count). The van der Waals surface area contributed by atoms with Gasteiger partial charge in [0.2, 0.25) is 11.6 Å². The van der Waals surface area contributed by atoms with Crippen molar-refractivity contribution in [2.75, 3.05) is 28.6 Å². The van der Waals surface area contributed by atoms with Gasteiger partial charge >= 0.3 is 5.97 Å². The molecule has 1 aliphatic carbocycles. The molecule has 0 bridgehead atoms. The molecule has 0 aromatic heterocycles. The highest BCUT2D eigenvalue weighted by Crippen LogP contribution is 2.45. The Morgan fingerprint density at radius 1 is 1.24 bits per heavy atom. The molecule has 0 amide bonds. The summed E-state index contributed by atoms with van der Waals surface area (Å²) < 4.78 is 15.2. The van der Waals surface area contributed by atoms with Crippen molar-refractivity contribution < 1.29 is 23.9 Å². The van der Waals surface area contributed by atoms with Crippen molar-refractivity contribution >= 4 is 34.6 Å². The van der Waals surface area contributed by atoms with Gasteiger partial charge in [-0.3, -0.25) is 9.59 Å². The third-order valence-corrected chi connectivity index (χ3v) is 6.27. The number of fused-ring (bicyclic) bond motifs is 1. The fourth-order valence-electron chi connectivity index (χ4n) is 4.41. The second-order valence-electron chi connectivity index (χ2n) is 8.84. The highest BCUT2D eigenvalue weighted by molar-refractivity contribution is 6.52. The molecule has 1 aromatic carbocycles. The molecule has 9 heteroatoms. The van der Waals surface area contributed by atoms with E-state index in [0.717, 1.165) is 6.42 Å². The van der Waals surface area contributed by atoms with Crippen LogP contribution in [0.3, 0.4) is 0 Å². The van der Waals surface area contributed by atoms with Gasteiger partial charge in [-0.15, -0.1) is 0 Å². The summed E-state index contributed by atoms with van der Waals surface area (Å²) in [5.74, 6) is -4.13. The summed E-state index contributed by atoms with van der Waals surface area (Å²) in [6, 6.07) is -0.306. The largest absolute Gasteiger partial charge is 0.479 e. The van der Waals surface area contributed by atoms with Crippen LogP contribution in [-0.2, 0) is 9.59 Å². The number of rotatable bonds is 4. The first-order valence-electron chi connectivity index (χ1n) is 9.77. The van der Waals surface area contributed by atoms with Crippen molar-refractivity contribution in [3.63, 3.8) is 0 Å². The zero-order valence-corrected chi connectivity index (χ0v) is 16.4. The van der Waals surface area contributed by atoms with Crippen LogP contribution in [0.1, 0.15) is 43.5 Å². The lowest BCUT2D eigenvalue weighted by Gasteiger charge is -2.36. The van der Waals surface area contributed by atoms with E-state index in [9.17, 15) is 19.5 Å². The fraction of sp³-hybridized carbons (Fsp3) is 0.550. The smallest absolute Gasteiger partial charge is 0.334 e. The average Bonchev–Trinajstić information content (AvgIpc) is 3.34. The minimum Gasteiger partial charge on any atom is -0.479 e. The summed E-state index contributed by atoms with van der Waals surface area (Å²) in [4.78, 5) is 40.1. The quantitative estimate of drug-likeness (QED) is 0.387. The van der Waals surface area contributed by atoms with Gasteiger partial charge in [-0.1, -0.05) is 0 Å². The second kappa shape index (κ2) is 6.41. The summed E-state index contributed by atoms with van der Waals surface area (Å²) in [5, 5.41) is 9.58. The summed E-state index contributed by atoms with van der Waals surface area (Å²) in [7, 11) is 0. The van der Waals surface area contributed by atoms with Gasteiger partial charge < -0.3 is 26.4 Å². The van der Waals surface area contributed by atoms with Crippen LogP contribution < -0.4 is 21.3 Å². The van der Waals surface area contributed by atoms with Gasteiger partial charge in [0.15, 0.2) is 11.9 Å². The van der Waals surface area contributed by atoms with Gasteiger partial charge in [0.05, 0.1) is 22.6 Å². The lowest BCUT2D eigenvalue weighted by atomic mass is 9.88. The molecule has 3 aliphatic rings. The van der Waals surface area contributed by atoms with Gasteiger partial charge in [0.25, 0.3) is 0 Å². The Morgan fingerprint density at radius 3 is 2.41 bits per heavy atom. The molecule has 1 unspecified atom stereocenters. The van der Waals surface area contributed by atoms with E-state index in [1.54, 1.807) is 0 Å². The standard InChI is InChI=1S/C20H25FN4O4/c1-20(2,23)9-5-6-24(8-9)12-7-11-13(15(22)14(12)21)17(26)18(27)16(19(28)29)25(11)10-3-4-10/h7,9-10,16H,3-6,8,22-23H2,1-2H3,(H,28,29)/t9?,16-/m1/s1. The van der Waals surface area contributed by atoms with Gasteiger partial charge in [0.1, 0.15) is 0 Å². The van der Waals surface area contributed by atoms with E-state index in [2.05, 4.69) is 0 Å². The number of carbonyl (C=O) groups is 3. The van der Waals surface area contributed by atoms with Crippen molar-refractivity contribution in [1.29, 1.82) is 0 Å². The molecular weight excluding hydrogens is 379 g/mol. The van der Waals surface area contributed by atoms with Crippen LogP contribution in [-0.4, -0.2) is 53.4 Å². The first-order valence-corrected chi connectivity index (χ1v) is 9.77. The number of nitrogens with zero attached hydrogens (tertiary/aromatic N) is 2. The second-order valence-corrected chi connectivity index (χ2v) is 8.84. The highest BCUT2D eigenvalue weighted by Gasteiger charge is 2.50. The number of hydrogen-bond donors (Lipinski definition) is 3. The Kier molecular flexibility index (Phi) is 4.34. The van der Waals surface area contributed by atoms with E-state index < -0.39 is 40.6 Å². The normalized spacial score (nSPS) is 24.8. The Balaban J connectivity index is 1.83. The van der Waals surface area contributed by atoms with Gasteiger partial charge in [-0.05, 0) is 45.1 Å². The predicted octanol–water partition coefficient (Wildman–Crippen LogP) is 1.16. The number of anilines is 3. The molecule has 2 heterocycles. The number of ketones is 2. The maximum Gasteiger partial charge on any atom is 0.334 e. The van der Waals surface area contributed by atoms with Crippen molar-refractivity contribution in [1.82, 2.24) is 0 Å². The first-order chi connectivity index (χ1) is 13.5. The van der Waals surface area contributed by atoms with E-state index >= 15 is 4.39 Å². The van der Waals surface area contributed by atoms with Crippen LogP contribution >= 0.6 is 0 Å². The third kappa shape index (κ3) is 3.04. The molecule has 2 fully saturated rings. The lowest BCUT2D eigenvalue weighted by Crippen LogP contribution is -2.54. The molecule has 2 aliphatic heterocycles. The monoisotopic (exact) mass is 404 g/mol. The topological polar surface area (TPSA) is 130 Å². The molecule has 1 aromatic rings. The SMILES string of the molecule is CC(C)(N)C1CCN(c2cc3c(c(N)c2F)C(=O)C(=O)[C@H](C(=O)O)N3C2CC2)C1. The van der Waals surface area contributed by atoms with Crippen LogP contribution in [0.2, 0.25) is 0 Å². The Hall–Kier alpha value is -2.68. The van der Waals surface area contributed by atoms with E-state index in [1.807, 2.05) is 18.7 Å². The van der Waals surface area contributed by atoms with Crippen LogP contribution in [0.5, 0.6) is 0 Å². The van der Waals surface area contributed by atoms with Crippen molar-refractivity contribution in [2.45, 2.75) is 50.7 Å². The van der Waals surface area contributed by atoms with Gasteiger partial charge in [-0.2, -0.15) is 0 Å². The number of Topliss-reactive ketones (excluding diaryl/α,β-unsaturated/α-hetero) is 2. The van der Waals surface area contributed by atoms with Crippen LogP contribution in [0.25, 0.3) is 0 Å². The molecule has 8 nitrogen and oxygen atoms in total. The minimum atomic E-state index is -1.60. The molecule has 29 heavy (non-hydrogen) atoms. The number of hydrogen-bond acceptors (Lipinski definition) is 7. The molecule has 1 saturated heterocycles. The van der Waals surface area contributed by atoms with E-state index in [-0.39, 0.29) is 28.9 Å². The van der Waals surface area contributed by atoms with E-state index in [4.69, 9.17) is 11.5 Å². The van der Waals surface area contributed by atoms with Gasteiger partial charge in [0, 0.05) is 24.7 Å². The van der Waals surface area contributed by atoms with Crippen molar-refractivity contribution in [2.24, 2.45) is 11.7 Å². The van der Waals surface area contributed by atoms with Crippen LogP contribution in [0.15, 0.2) is 6.07 Å².